The molecule has 0 aliphatic carbocycles. The SMILES string of the molecule is CC/C=C\C/C=C\C/C=C\C/C=C\C/C=C\CCCC(=O)OC[C@H](COP(=O)([O-])OCC[N+](C)(C)C)OC(=O)[C@@H](N)CS[C@H](/C=C/C=C/C=C\C/C=C\CCCCC)[C@@H](O)CCCC(=O)O. The average Bonchev–Trinajstić information content (AvgIpc) is 3.26. The van der Waals surface area contributed by atoms with Gasteiger partial charge in [0.25, 0.3) is 7.82 Å². The summed E-state index contributed by atoms with van der Waals surface area (Å²) >= 11 is 1.19. The van der Waals surface area contributed by atoms with Gasteiger partial charge in [-0.05, 0) is 77.0 Å². The van der Waals surface area contributed by atoms with Crippen molar-refractivity contribution in [3.8, 4) is 0 Å². The normalized spacial score (nSPS) is 15.8. The van der Waals surface area contributed by atoms with Crippen LogP contribution >= 0.6 is 19.6 Å². The molecule has 13 nitrogen and oxygen atoms in total. The smallest absolute Gasteiger partial charge is 0.324 e. The number of phosphoric ester groups is 1. The van der Waals surface area contributed by atoms with E-state index in [2.05, 4.69) is 74.6 Å². The highest BCUT2D eigenvalue weighted by molar-refractivity contribution is 8.00. The quantitative estimate of drug-likeness (QED) is 0.0131. The Hall–Kier alpha value is -3.59. The summed E-state index contributed by atoms with van der Waals surface area (Å²) in [7, 11) is 0.815. The highest BCUT2D eigenvalue weighted by atomic mass is 32.2. The number of carbonyl (C=O) groups excluding carboxylic acids is 2. The van der Waals surface area contributed by atoms with Crippen molar-refractivity contribution < 1.29 is 57.1 Å². The molecule has 0 aromatic rings. The molecule has 0 aliphatic rings. The van der Waals surface area contributed by atoms with Gasteiger partial charge in [-0.3, -0.25) is 18.9 Å². The minimum absolute atomic E-state index is 0.00455. The maximum atomic E-state index is 13.2. The molecular weight excluding hydrogens is 880 g/mol. The predicted molar refractivity (Wildman–Crippen MR) is 269 cm³/mol. The van der Waals surface area contributed by atoms with Crippen molar-refractivity contribution in [2.75, 3.05) is 53.3 Å². The molecule has 0 aliphatic heterocycles. The predicted octanol–water partition coefficient (Wildman–Crippen LogP) is 9.81. The molecule has 0 aromatic carbocycles. The largest absolute Gasteiger partial charge is 0.756 e. The molecule has 0 saturated heterocycles. The van der Waals surface area contributed by atoms with Crippen molar-refractivity contribution in [1.29, 1.82) is 0 Å². The van der Waals surface area contributed by atoms with Crippen LogP contribution in [0.2, 0.25) is 0 Å². The molecule has 0 heterocycles. The van der Waals surface area contributed by atoms with E-state index in [0.29, 0.717) is 23.9 Å². The van der Waals surface area contributed by atoms with E-state index in [1.165, 1.54) is 31.0 Å². The number of quaternary nitrogens is 1. The molecule has 0 aromatic heterocycles. The molecule has 66 heavy (non-hydrogen) atoms. The van der Waals surface area contributed by atoms with Crippen molar-refractivity contribution in [3.05, 3.63) is 109 Å². The van der Waals surface area contributed by atoms with Crippen LogP contribution in [0.25, 0.3) is 0 Å². The Balaban J connectivity index is 5.34. The maximum absolute atomic E-state index is 13.2. The fourth-order valence-electron chi connectivity index (χ4n) is 5.47. The van der Waals surface area contributed by atoms with Gasteiger partial charge in [-0.25, -0.2) is 0 Å². The van der Waals surface area contributed by atoms with Gasteiger partial charge >= 0.3 is 17.9 Å². The number of thioether (sulfide) groups is 1. The second kappa shape index (κ2) is 41.6. The minimum atomic E-state index is -4.81. The number of aliphatic hydroxyl groups is 1. The Labute approximate surface area is 401 Å². The molecule has 15 heteroatoms. The summed E-state index contributed by atoms with van der Waals surface area (Å²) in [6.07, 6.45) is 46.1. The average molecular weight is 963 g/mol. The molecule has 0 rings (SSSR count). The lowest BCUT2D eigenvalue weighted by Gasteiger charge is -2.28. The van der Waals surface area contributed by atoms with Crippen LogP contribution in [0.1, 0.15) is 117 Å². The first-order valence-corrected chi connectivity index (χ1v) is 26.0. The fraction of sp³-hybridized carbons (Fsp3) is 0.588. The first-order chi connectivity index (χ1) is 31.6. The number of allylic oxidation sites excluding steroid dienone is 17. The molecule has 4 N–H and O–H groups in total. The number of rotatable bonds is 41. The third-order valence-corrected chi connectivity index (χ3v) is 11.6. The lowest BCUT2D eigenvalue weighted by Crippen LogP contribution is -2.40. The van der Waals surface area contributed by atoms with Crippen LogP contribution in [0.5, 0.6) is 0 Å². The summed E-state index contributed by atoms with van der Waals surface area (Å²) in [6.45, 7) is 3.40. The van der Waals surface area contributed by atoms with Gasteiger partial charge in [0, 0.05) is 23.8 Å². The molecule has 1 unspecified atom stereocenters. The van der Waals surface area contributed by atoms with Gasteiger partial charge in [0.15, 0.2) is 6.10 Å². The number of unbranched alkanes of at least 4 members (excludes halogenated alkanes) is 4. The summed E-state index contributed by atoms with van der Waals surface area (Å²) in [6, 6.07) is -1.22. The Morgan fingerprint density at radius 1 is 0.727 bits per heavy atom. The molecule has 374 valence electrons. The van der Waals surface area contributed by atoms with Gasteiger partial charge in [0.2, 0.25) is 0 Å². The van der Waals surface area contributed by atoms with Crippen LogP contribution in [-0.4, -0.2) is 109 Å². The third-order valence-electron chi connectivity index (χ3n) is 9.28. The standard InChI is InChI=1S/C51H83N2O11PS/c1-6-8-10-12-14-16-18-20-21-22-23-24-26-28-30-32-34-39-50(57)61-42-45(43-63-65(59,60)62-41-40-53(3,4)5)64-51(58)46(52)44-66-48(47(54)36-35-38-49(55)56)37-33-31-29-27-25-19-17-15-13-11-9-7-2/h8,10,14-17,20-21,23-25,27-31,33,37,45-48,54H,6-7,9,11-13,18-19,22,26,32,34-36,38-44,52H2,1-5H3,(H-,55,56,59,60)/b10-8-,16-14-,17-15-,21-20-,24-23-,27-25-,30-28-,31-29+,37-33+/t45-,46+,47+,48-/m1/s1. The van der Waals surface area contributed by atoms with Crippen molar-refractivity contribution in [2.24, 2.45) is 5.73 Å². The lowest BCUT2D eigenvalue weighted by molar-refractivity contribution is -0.870. The van der Waals surface area contributed by atoms with Crippen LogP contribution in [0.15, 0.2) is 109 Å². The molecule has 0 fully saturated rings. The molecule has 0 spiro atoms. The number of ether oxygens (including phenoxy) is 2. The van der Waals surface area contributed by atoms with Crippen LogP contribution < -0.4 is 10.6 Å². The number of hydrogen-bond acceptors (Lipinski definition) is 12. The maximum Gasteiger partial charge on any atom is 0.324 e. The van der Waals surface area contributed by atoms with Gasteiger partial charge in [0.05, 0.1) is 33.9 Å². The fourth-order valence-corrected chi connectivity index (χ4v) is 7.32. The second-order valence-electron chi connectivity index (χ2n) is 16.6. The topological polar surface area (TPSA) is 195 Å². The zero-order valence-corrected chi connectivity index (χ0v) is 42.2. The van der Waals surface area contributed by atoms with E-state index in [9.17, 15) is 28.9 Å². The number of phosphoric acid groups is 1. The number of carboxylic acids is 1. The summed E-state index contributed by atoms with van der Waals surface area (Å²) in [4.78, 5) is 49.5. The van der Waals surface area contributed by atoms with Gasteiger partial charge < -0.3 is 43.8 Å². The number of aliphatic hydroxyl groups excluding tert-OH is 1. The van der Waals surface area contributed by atoms with E-state index >= 15 is 0 Å². The summed E-state index contributed by atoms with van der Waals surface area (Å²) in [5.41, 5.74) is 6.23. The van der Waals surface area contributed by atoms with Crippen LogP contribution in [0.3, 0.4) is 0 Å². The summed E-state index contributed by atoms with van der Waals surface area (Å²) < 4.78 is 33.9. The molecule has 5 atom stereocenters. The van der Waals surface area contributed by atoms with Crippen molar-refractivity contribution in [1.82, 2.24) is 0 Å². The molecule has 0 amide bonds. The number of aliphatic carboxylic acids is 1. The summed E-state index contributed by atoms with van der Waals surface area (Å²) in [5, 5.41) is 19.5. The third kappa shape index (κ3) is 41.8. The Morgan fingerprint density at radius 2 is 1.30 bits per heavy atom. The van der Waals surface area contributed by atoms with Gasteiger partial charge in [-0.1, -0.05) is 136 Å². The van der Waals surface area contributed by atoms with Crippen LogP contribution in [0.4, 0.5) is 0 Å². The van der Waals surface area contributed by atoms with Gasteiger partial charge in [-0.2, -0.15) is 0 Å². The zero-order chi connectivity index (χ0) is 49.2. The monoisotopic (exact) mass is 963 g/mol. The van der Waals surface area contributed by atoms with E-state index in [0.717, 1.165) is 44.9 Å². The van der Waals surface area contributed by atoms with Crippen molar-refractivity contribution in [3.63, 3.8) is 0 Å². The number of hydrogen-bond donors (Lipinski definition) is 3. The summed E-state index contributed by atoms with van der Waals surface area (Å²) in [5.74, 6) is -2.43. The first kappa shape index (κ1) is 62.4. The van der Waals surface area contributed by atoms with Gasteiger partial charge in [0.1, 0.15) is 25.8 Å². The number of carbonyl (C=O) groups is 3. The number of carboxylic acid groups (broad SMARTS) is 1. The Bertz CT molecular complexity index is 1610. The Kier molecular flexibility index (Phi) is 39.3. The van der Waals surface area contributed by atoms with E-state index < -0.39 is 62.4 Å². The first-order valence-electron chi connectivity index (χ1n) is 23.5. The number of nitrogens with two attached hydrogens (primary N) is 1. The van der Waals surface area contributed by atoms with Gasteiger partial charge in [-0.15, -0.1) is 11.8 Å². The molecule has 0 radical (unpaired) electrons. The number of esters is 2. The highest BCUT2D eigenvalue weighted by Gasteiger charge is 2.26. The number of likely N-dealkylation sites (N-methyl/N-ethyl adjacent to an activating group) is 1. The van der Waals surface area contributed by atoms with E-state index in [1.54, 1.807) is 12.2 Å². The Morgan fingerprint density at radius 3 is 1.89 bits per heavy atom. The minimum Gasteiger partial charge on any atom is -0.756 e. The number of nitrogens with zero attached hydrogens (tertiary/aromatic N) is 1. The van der Waals surface area contributed by atoms with E-state index in [1.807, 2.05) is 57.6 Å². The molecule has 0 saturated carbocycles. The van der Waals surface area contributed by atoms with E-state index in [4.69, 9.17) is 29.4 Å². The second-order valence-corrected chi connectivity index (χ2v) is 19.2. The molecule has 0 bridgehead atoms. The zero-order valence-electron chi connectivity index (χ0n) is 40.5. The van der Waals surface area contributed by atoms with Crippen molar-refractivity contribution >= 4 is 37.5 Å². The van der Waals surface area contributed by atoms with Crippen molar-refractivity contribution in [2.45, 2.75) is 140 Å². The highest BCUT2D eigenvalue weighted by Crippen LogP contribution is 2.38. The van der Waals surface area contributed by atoms with Crippen LogP contribution in [0, 0.1) is 0 Å². The lowest BCUT2D eigenvalue weighted by atomic mass is 10.1. The van der Waals surface area contributed by atoms with E-state index in [-0.39, 0.29) is 38.0 Å². The molecular formula is C51H83N2O11PS. The van der Waals surface area contributed by atoms with Crippen LogP contribution in [-0.2, 0) is 37.5 Å².